The molecule has 6 heteroatoms. The molecule has 5 nitrogen and oxygen atoms in total. The second kappa shape index (κ2) is 11.2. The van der Waals surface area contributed by atoms with E-state index in [1.807, 2.05) is 33.7 Å². The Morgan fingerprint density at radius 1 is 1.58 bits per heavy atom. The number of hydrazine groups is 1. The van der Waals surface area contributed by atoms with Crippen molar-refractivity contribution in [2.24, 2.45) is 5.84 Å². The molecule has 0 amide bonds. The molecule has 1 aromatic heterocycles. The maximum absolute atomic E-state index is 5.56. The van der Waals surface area contributed by atoms with Crippen LogP contribution in [0.4, 0.5) is 5.95 Å². The van der Waals surface area contributed by atoms with E-state index in [1.54, 1.807) is 24.4 Å². The second-order valence-corrected chi connectivity index (χ2v) is 3.08. The second-order valence-electron chi connectivity index (χ2n) is 3.08. The minimum absolute atomic E-state index is 0.305. The van der Waals surface area contributed by atoms with Gasteiger partial charge in [0.2, 0.25) is 0 Å². The summed E-state index contributed by atoms with van der Waals surface area (Å²) < 4.78 is 5.56. The number of rotatable bonds is 6. The van der Waals surface area contributed by atoms with Crippen molar-refractivity contribution in [2.75, 3.05) is 5.43 Å². The minimum Gasteiger partial charge on any atom is -0.0683 e. The van der Waals surface area contributed by atoms with Crippen molar-refractivity contribution in [3.63, 3.8) is 0 Å². The fourth-order valence-corrected chi connectivity index (χ4v) is 1.06. The standard InChI is InChI=1S/C11H15BN4O.C2H6/c1-3-5-9(8-12-4-2)17-10-6-7-14-11(15-10)16-13;1-2/h3,5-8H,1,4,13H2,2H3,(H,14,15,16);1-2H3/b9-5+;. The van der Waals surface area contributed by atoms with Crippen LogP contribution in [0.3, 0.4) is 0 Å². The molecule has 102 valence electrons. The van der Waals surface area contributed by atoms with E-state index in [0.717, 1.165) is 6.32 Å². The average Bonchev–Trinajstić information content (AvgIpc) is 2.47. The third kappa shape index (κ3) is 7.15. The van der Waals surface area contributed by atoms with Crippen molar-refractivity contribution in [2.45, 2.75) is 27.1 Å². The van der Waals surface area contributed by atoms with Crippen LogP contribution in [-0.4, -0.2) is 22.9 Å². The first-order chi connectivity index (χ1) is 9.30. The summed E-state index contributed by atoms with van der Waals surface area (Å²) in [7, 11) is 0. The number of ether oxygens (including phenoxy) is 1. The van der Waals surface area contributed by atoms with Crippen molar-refractivity contribution in [3.05, 3.63) is 36.8 Å². The quantitative estimate of drug-likeness (QED) is 0.269. The van der Waals surface area contributed by atoms with E-state index in [2.05, 4.69) is 22.0 Å². The smallest absolute Gasteiger partial charge is 0.0683 e. The molecule has 19 heavy (non-hydrogen) atoms. The first-order valence-electron chi connectivity index (χ1n) is 6.27. The predicted molar refractivity (Wildman–Crippen MR) is 82.4 cm³/mol. The number of allylic oxidation sites excluding steroid dienone is 3. The maximum Gasteiger partial charge on any atom is -0.0683 e. The molecule has 0 aliphatic heterocycles. The van der Waals surface area contributed by atoms with Crippen molar-refractivity contribution in [1.82, 2.24) is 9.97 Å². The summed E-state index contributed by atoms with van der Waals surface area (Å²) in [5.74, 6) is 8.45. The van der Waals surface area contributed by atoms with Crippen LogP contribution in [0, 0.1) is 0 Å². The fourth-order valence-electron chi connectivity index (χ4n) is 1.06. The Hall–Kier alpha value is -1.95. The van der Waals surface area contributed by atoms with Crippen LogP contribution in [0.25, 0.3) is 0 Å². The van der Waals surface area contributed by atoms with Gasteiger partial charge in [0.1, 0.15) is 0 Å². The van der Waals surface area contributed by atoms with Crippen LogP contribution in [0.5, 0.6) is 5.88 Å². The van der Waals surface area contributed by atoms with Crippen LogP contribution < -0.4 is 16.0 Å². The van der Waals surface area contributed by atoms with Gasteiger partial charge in [0.15, 0.2) is 0 Å². The van der Waals surface area contributed by atoms with Gasteiger partial charge in [0.05, 0.1) is 0 Å². The summed E-state index contributed by atoms with van der Waals surface area (Å²) in [6.07, 6.45) is 5.90. The molecule has 1 aromatic rings. The zero-order chi connectivity index (χ0) is 14.5. The van der Waals surface area contributed by atoms with Gasteiger partial charge in [-0.15, -0.1) is 0 Å². The Labute approximate surface area is 115 Å². The van der Waals surface area contributed by atoms with Crippen molar-refractivity contribution in [1.29, 1.82) is 0 Å². The molecule has 0 spiro atoms. The number of anilines is 1. The minimum atomic E-state index is 0.305. The predicted octanol–water partition coefficient (Wildman–Crippen LogP) is 2.18. The number of nitrogen functional groups attached to an aromatic ring is 1. The Kier molecular flexibility index (Phi) is 10.0. The van der Waals surface area contributed by atoms with Crippen LogP contribution in [-0.2, 0) is 0 Å². The molecular formula is C13H21BN4O. The number of hydrogen-bond acceptors (Lipinski definition) is 5. The van der Waals surface area contributed by atoms with E-state index in [9.17, 15) is 0 Å². The van der Waals surface area contributed by atoms with E-state index in [-0.39, 0.29) is 0 Å². The number of nitrogens with one attached hydrogen (secondary N) is 1. The van der Waals surface area contributed by atoms with Gasteiger partial charge in [-0.25, -0.2) is 0 Å². The Bertz CT molecular complexity index is 432. The maximum atomic E-state index is 5.56. The zero-order valence-electron chi connectivity index (χ0n) is 11.8. The first-order valence-corrected chi connectivity index (χ1v) is 6.27. The van der Waals surface area contributed by atoms with Gasteiger partial charge in [-0.3, -0.25) is 0 Å². The molecule has 1 heterocycles. The van der Waals surface area contributed by atoms with Crippen molar-refractivity contribution < 1.29 is 4.74 Å². The summed E-state index contributed by atoms with van der Waals surface area (Å²) in [6.45, 7) is 11.7. The molecule has 0 aromatic carbocycles. The van der Waals surface area contributed by atoms with Gasteiger partial charge in [-0.1, -0.05) is 13.8 Å². The van der Waals surface area contributed by atoms with Crippen LogP contribution in [0.2, 0.25) is 6.32 Å². The molecule has 1 rings (SSSR count). The van der Waals surface area contributed by atoms with Gasteiger partial charge in [0.25, 0.3) is 0 Å². The number of nitrogens with two attached hydrogens (primary N) is 1. The molecule has 0 aliphatic carbocycles. The van der Waals surface area contributed by atoms with E-state index in [4.69, 9.17) is 10.6 Å². The summed E-state index contributed by atoms with van der Waals surface area (Å²) in [5, 5.41) is 0. The average molecular weight is 260 g/mol. The van der Waals surface area contributed by atoms with Gasteiger partial charge >= 0.3 is 101 Å². The monoisotopic (exact) mass is 260 g/mol. The Morgan fingerprint density at radius 2 is 2.32 bits per heavy atom. The van der Waals surface area contributed by atoms with Gasteiger partial charge in [-0.05, 0) is 0 Å². The zero-order valence-corrected chi connectivity index (χ0v) is 11.8. The Morgan fingerprint density at radius 3 is 2.89 bits per heavy atom. The molecule has 3 N–H and O–H groups in total. The molecule has 0 fully saturated rings. The molecule has 0 bridgehead atoms. The van der Waals surface area contributed by atoms with Crippen LogP contribution >= 0.6 is 0 Å². The normalized spacial score (nSPS) is 10.2. The van der Waals surface area contributed by atoms with Gasteiger partial charge < -0.3 is 0 Å². The van der Waals surface area contributed by atoms with Gasteiger partial charge in [0, 0.05) is 0 Å². The van der Waals surface area contributed by atoms with Gasteiger partial charge in [-0.2, -0.15) is 0 Å². The van der Waals surface area contributed by atoms with Crippen LogP contribution in [0.15, 0.2) is 36.8 Å². The van der Waals surface area contributed by atoms with E-state index >= 15 is 0 Å². The summed E-state index contributed by atoms with van der Waals surface area (Å²) in [4.78, 5) is 7.93. The summed E-state index contributed by atoms with van der Waals surface area (Å²) in [5.41, 5.74) is 2.36. The number of hydrogen-bond donors (Lipinski definition) is 2. The SMILES string of the molecule is C=C/C=C(\C=BCC)Oc1ccnc(NN)n1.CC. The number of aromatic nitrogens is 2. The molecule has 0 unspecified atom stereocenters. The van der Waals surface area contributed by atoms with Crippen molar-refractivity contribution in [3.8, 4) is 5.88 Å². The third-order valence-corrected chi connectivity index (χ3v) is 1.78. The first kappa shape index (κ1) is 17.1. The third-order valence-electron chi connectivity index (χ3n) is 1.78. The van der Waals surface area contributed by atoms with Crippen molar-refractivity contribution >= 4 is 18.8 Å². The van der Waals surface area contributed by atoms with E-state index in [1.165, 1.54) is 0 Å². The fraction of sp³-hybridized carbons (Fsp3) is 0.308. The topological polar surface area (TPSA) is 73.1 Å². The van der Waals surface area contributed by atoms with E-state index < -0.39 is 0 Å². The van der Waals surface area contributed by atoms with E-state index in [0.29, 0.717) is 17.6 Å². The number of nitrogens with zero attached hydrogens (tertiary/aromatic N) is 2. The molecule has 0 atom stereocenters. The molecular weight excluding hydrogens is 239 g/mol. The molecule has 0 saturated carbocycles. The molecule has 0 radical (unpaired) electrons. The Balaban J connectivity index is 0.00000154. The largest absolute Gasteiger partial charge is 0.0683 e. The summed E-state index contributed by atoms with van der Waals surface area (Å²) in [6, 6.07) is 1.65. The molecule has 0 saturated heterocycles. The molecule has 0 aliphatic rings. The van der Waals surface area contributed by atoms with Crippen LogP contribution in [0.1, 0.15) is 20.8 Å². The summed E-state index contributed by atoms with van der Waals surface area (Å²) >= 11 is 0.